The van der Waals surface area contributed by atoms with E-state index < -0.39 is 21.3 Å². The highest BCUT2D eigenvalue weighted by atomic mass is 32.2. The van der Waals surface area contributed by atoms with E-state index in [0.717, 1.165) is 0 Å². The molecule has 0 saturated carbocycles. The van der Waals surface area contributed by atoms with Crippen LogP contribution in [0.3, 0.4) is 0 Å². The second-order valence-corrected chi connectivity index (χ2v) is 7.49. The molecule has 8 nitrogen and oxygen atoms in total. The molecule has 2 aliphatic rings. The van der Waals surface area contributed by atoms with Crippen LogP contribution in [0.5, 0.6) is 0 Å². The van der Waals surface area contributed by atoms with E-state index in [1.807, 2.05) is 0 Å². The molecule has 9 heteroatoms. The molecule has 0 bridgehead atoms. The second-order valence-electron chi connectivity index (χ2n) is 5.17. The minimum atomic E-state index is -3.24. The average Bonchev–Trinajstić information content (AvgIpc) is 2.49. The van der Waals surface area contributed by atoms with Gasteiger partial charge in [-0.3, -0.25) is 9.79 Å². The molecule has 22 heavy (non-hydrogen) atoms. The molecule has 2 heterocycles. The van der Waals surface area contributed by atoms with E-state index in [9.17, 15) is 13.2 Å². The molecule has 1 atom stereocenters. The van der Waals surface area contributed by atoms with E-state index in [1.54, 1.807) is 32.2 Å². The molecule has 0 aromatic carbocycles. The zero-order valence-corrected chi connectivity index (χ0v) is 13.3. The van der Waals surface area contributed by atoms with Crippen molar-refractivity contribution in [3.8, 4) is 0 Å². The van der Waals surface area contributed by atoms with Gasteiger partial charge in [-0.1, -0.05) is 6.08 Å². The van der Waals surface area contributed by atoms with Gasteiger partial charge in [0.1, 0.15) is 0 Å². The lowest BCUT2D eigenvalue weighted by Gasteiger charge is -2.19. The van der Waals surface area contributed by atoms with Crippen molar-refractivity contribution in [2.24, 2.45) is 15.2 Å². The molecular weight excluding hydrogens is 306 g/mol. The number of hydrogen-bond donors (Lipinski definition) is 2. The SMILES string of the molecule is CC(C)S(=O)(=O)NCCCNC1=C2C=CC=NC2C(=O)N=N1. The van der Waals surface area contributed by atoms with Crippen molar-refractivity contribution in [2.45, 2.75) is 31.6 Å². The maximum Gasteiger partial charge on any atom is 0.293 e. The number of fused-ring (bicyclic) bond motifs is 1. The van der Waals surface area contributed by atoms with Crippen LogP contribution in [-0.4, -0.2) is 44.9 Å². The number of aliphatic imine (C=N–C) groups is 1. The second kappa shape index (κ2) is 6.93. The fourth-order valence-electron chi connectivity index (χ4n) is 1.88. The normalized spacial score (nSPS) is 20.7. The Hall–Kier alpha value is -1.87. The summed E-state index contributed by atoms with van der Waals surface area (Å²) in [5, 5.41) is 10.0. The van der Waals surface area contributed by atoms with E-state index >= 15 is 0 Å². The maximum absolute atomic E-state index is 11.6. The van der Waals surface area contributed by atoms with Gasteiger partial charge in [0, 0.05) is 24.9 Å². The number of hydrogen-bond acceptors (Lipinski definition) is 6. The van der Waals surface area contributed by atoms with Gasteiger partial charge >= 0.3 is 0 Å². The van der Waals surface area contributed by atoms with Crippen molar-refractivity contribution in [1.82, 2.24) is 10.0 Å². The third kappa shape index (κ3) is 3.86. The Balaban J connectivity index is 1.85. The van der Waals surface area contributed by atoms with Crippen LogP contribution < -0.4 is 10.0 Å². The van der Waals surface area contributed by atoms with Gasteiger partial charge in [-0.05, 0) is 26.3 Å². The number of sulfonamides is 1. The lowest BCUT2D eigenvalue weighted by molar-refractivity contribution is -0.118. The third-order valence-corrected chi connectivity index (χ3v) is 5.07. The van der Waals surface area contributed by atoms with Crippen molar-refractivity contribution in [1.29, 1.82) is 0 Å². The molecule has 0 saturated heterocycles. The van der Waals surface area contributed by atoms with Gasteiger partial charge in [-0.15, -0.1) is 10.2 Å². The van der Waals surface area contributed by atoms with Crippen molar-refractivity contribution >= 4 is 22.1 Å². The highest BCUT2D eigenvalue weighted by Crippen LogP contribution is 2.22. The van der Waals surface area contributed by atoms with E-state index in [4.69, 9.17) is 0 Å². The monoisotopic (exact) mass is 325 g/mol. The fourth-order valence-corrected chi connectivity index (χ4v) is 2.65. The van der Waals surface area contributed by atoms with Gasteiger partial charge in [0.05, 0.1) is 5.25 Å². The number of carbonyl (C=O) groups excluding carboxylic acids is 1. The van der Waals surface area contributed by atoms with Crippen molar-refractivity contribution in [3.63, 3.8) is 0 Å². The molecule has 0 aromatic rings. The van der Waals surface area contributed by atoms with Crippen LogP contribution in [0.2, 0.25) is 0 Å². The summed E-state index contributed by atoms with van der Waals surface area (Å²) in [6.45, 7) is 4.10. The number of carbonyl (C=O) groups is 1. The van der Waals surface area contributed by atoms with E-state index in [0.29, 0.717) is 30.9 Å². The molecule has 2 aliphatic heterocycles. The van der Waals surface area contributed by atoms with Gasteiger partial charge in [-0.25, -0.2) is 13.1 Å². The lowest BCUT2D eigenvalue weighted by atomic mass is 10.0. The topological polar surface area (TPSA) is 112 Å². The van der Waals surface area contributed by atoms with E-state index in [2.05, 4.69) is 25.3 Å². The first-order chi connectivity index (χ1) is 10.4. The Morgan fingerprint density at radius 3 is 2.77 bits per heavy atom. The minimum Gasteiger partial charge on any atom is -0.368 e. The fraction of sp³-hybridized carbons (Fsp3) is 0.538. The molecule has 2 N–H and O–H groups in total. The number of dihydropyridines is 1. The zero-order valence-electron chi connectivity index (χ0n) is 12.5. The van der Waals surface area contributed by atoms with Gasteiger partial charge in [0.15, 0.2) is 11.9 Å². The molecule has 0 aromatic heterocycles. The summed E-state index contributed by atoms with van der Waals surface area (Å²) in [6.07, 6.45) is 5.66. The first kappa shape index (κ1) is 16.5. The van der Waals surface area contributed by atoms with Gasteiger partial charge in [0.25, 0.3) is 5.91 Å². The average molecular weight is 325 g/mol. The van der Waals surface area contributed by atoms with Crippen molar-refractivity contribution < 1.29 is 13.2 Å². The van der Waals surface area contributed by atoms with Crippen molar-refractivity contribution in [3.05, 3.63) is 23.5 Å². The Morgan fingerprint density at radius 1 is 1.27 bits per heavy atom. The first-order valence-electron chi connectivity index (χ1n) is 7.04. The number of nitrogens with zero attached hydrogens (tertiary/aromatic N) is 3. The Bertz CT molecular complexity index is 661. The standard InChI is InChI=1S/C13H19N5O3S/c1-9(2)22(20,21)16-8-4-7-15-12-10-5-3-6-14-11(10)13(19)18-17-12/h3,5-6,9,11,15-16H,4,7-8H2,1-2H3. The Labute approximate surface area is 129 Å². The van der Waals surface area contributed by atoms with E-state index in [-0.39, 0.29) is 5.91 Å². The third-order valence-electron chi connectivity index (χ3n) is 3.22. The molecule has 1 amide bonds. The van der Waals surface area contributed by atoms with Crippen LogP contribution in [0.15, 0.2) is 38.8 Å². The smallest absolute Gasteiger partial charge is 0.293 e. The van der Waals surface area contributed by atoms with Crippen LogP contribution in [-0.2, 0) is 14.8 Å². The number of allylic oxidation sites excluding steroid dienone is 1. The van der Waals surface area contributed by atoms with Gasteiger partial charge < -0.3 is 5.32 Å². The molecule has 0 radical (unpaired) electrons. The molecular formula is C13H19N5O3S. The number of nitrogens with one attached hydrogen (secondary N) is 2. The molecule has 120 valence electrons. The molecule has 0 fully saturated rings. The van der Waals surface area contributed by atoms with Crippen LogP contribution in [0.25, 0.3) is 0 Å². The van der Waals surface area contributed by atoms with Crippen LogP contribution in [0.1, 0.15) is 20.3 Å². The summed E-state index contributed by atoms with van der Waals surface area (Å²) >= 11 is 0. The van der Waals surface area contributed by atoms with Crippen LogP contribution in [0.4, 0.5) is 0 Å². The Morgan fingerprint density at radius 2 is 2.05 bits per heavy atom. The quantitative estimate of drug-likeness (QED) is 0.664. The molecule has 0 aliphatic carbocycles. The number of azo groups is 1. The molecule has 2 rings (SSSR count). The summed E-state index contributed by atoms with van der Waals surface area (Å²) in [5.74, 6) is 0.121. The minimum absolute atomic E-state index is 0.337. The summed E-state index contributed by atoms with van der Waals surface area (Å²) in [4.78, 5) is 15.7. The maximum atomic E-state index is 11.6. The predicted octanol–water partition coefficient (Wildman–Crippen LogP) is 0.507. The molecule has 0 spiro atoms. The Kier molecular flexibility index (Phi) is 5.19. The van der Waals surface area contributed by atoms with Crippen molar-refractivity contribution in [2.75, 3.05) is 13.1 Å². The highest BCUT2D eigenvalue weighted by molar-refractivity contribution is 7.90. The van der Waals surface area contributed by atoms with Crippen LogP contribution >= 0.6 is 0 Å². The zero-order chi connectivity index (χ0) is 16.2. The summed E-state index contributed by atoms with van der Waals surface area (Å²) in [5.41, 5.74) is 0.685. The highest BCUT2D eigenvalue weighted by Gasteiger charge is 2.28. The number of rotatable bonds is 7. The summed E-state index contributed by atoms with van der Waals surface area (Å²) < 4.78 is 25.7. The van der Waals surface area contributed by atoms with Gasteiger partial charge in [-0.2, -0.15) is 0 Å². The summed E-state index contributed by atoms with van der Waals surface area (Å²) in [6, 6.07) is -0.621. The predicted molar refractivity (Wildman–Crippen MR) is 83.0 cm³/mol. The van der Waals surface area contributed by atoms with Crippen LogP contribution in [0, 0.1) is 0 Å². The molecule has 1 unspecified atom stereocenters. The number of amides is 1. The largest absolute Gasteiger partial charge is 0.368 e. The van der Waals surface area contributed by atoms with E-state index in [1.165, 1.54) is 0 Å². The van der Waals surface area contributed by atoms with Gasteiger partial charge in [0.2, 0.25) is 10.0 Å². The summed E-state index contributed by atoms with van der Waals surface area (Å²) in [7, 11) is -3.24. The lowest BCUT2D eigenvalue weighted by Crippen LogP contribution is -2.33. The first-order valence-corrected chi connectivity index (χ1v) is 8.58.